The maximum atomic E-state index is 12.5. The molecule has 2 atom stereocenters. The van der Waals surface area contributed by atoms with Gasteiger partial charge < -0.3 is 15.5 Å². The van der Waals surface area contributed by atoms with Crippen molar-refractivity contribution in [3.05, 3.63) is 60.1 Å². The van der Waals surface area contributed by atoms with Gasteiger partial charge in [0.2, 0.25) is 5.91 Å². The Hall–Kier alpha value is -2.07. The Kier molecular flexibility index (Phi) is 5.17. The van der Waals surface area contributed by atoms with Crippen molar-refractivity contribution in [2.75, 3.05) is 6.54 Å². The van der Waals surface area contributed by atoms with Crippen molar-refractivity contribution in [3.63, 3.8) is 0 Å². The summed E-state index contributed by atoms with van der Waals surface area (Å²) in [6.07, 6.45) is 1.61. The van der Waals surface area contributed by atoms with Crippen molar-refractivity contribution >= 4 is 5.91 Å². The van der Waals surface area contributed by atoms with Crippen molar-refractivity contribution in [2.24, 2.45) is 17.6 Å². The van der Waals surface area contributed by atoms with Gasteiger partial charge in [0, 0.05) is 6.54 Å². The van der Waals surface area contributed by atoms with Gasteiger partial charge in [-0.2, -0.15) is 0 Å². The summed E-state index contributed by atoms with van der Waals surface area (Å²) < 4.78 is 5.48. The van der Waals surface area contributed by atoms with Crippen LogP contribution in [0.2, 0.25) is 0 Å². The molecule has 0 bridgehead atoms. The number of amides is 1. The number of hydrogen-bond donors (Lipinski definition) is 2. The van der Waals surface area contributed by atoms with Gasteiger partial charge in [-0.15, -0.1) is 0 Å². The molecule has 0 saturated carbocycles. The van der Waals surface area contributed by atoms with Crippen LogP contribution in [0.4, 0.5) is 0 Å². The number of furan rings is 1. The molecule has 112 valence electrons. The van der Waals surface area contributed by atoms with Crippen LogP contribution in [0.3, 0.4) is 0 Å². The lowest BCUT2D eigenvalue weighted by Crippen LogP contribution is -2.40. The molecule has 2 unspecified atom stereocenters. The van der Waals surface area contributed by atoms with E-state index < -0.39 is 0 Å². The molecule has 0 aliphatic carbocycles. The third-order valence-electron chi connectivity index (χ3n) is 3.64. The van der Waals surface area contributed by atoms with E-state index >= 15 is 0 Å². The zero-order valence-corrected chi connectivity index (χ0v) is 12.5. The summed E-state index contributed by atoms with van der Waals surface area (Å²) in [5, 5.41) is 3.06. The lowest BCUT2D eigenvalue weighted by Gasteiger charge is -2.23. The normalized spacial score (nSPS) is 13.9. The van der Waals surface area contributed by atoms with E-state index in [1.54, 1.807) is 6.26 Å². The van der Waals surface area contributed by atoms with Crippen molar-refractivity contribution in [1.29, 1.82) is 0 Å². The Morgan fingerprint density at radius 3 is 2.43 bits per heavy atom. The highest BCUT2D eigenvalue weighted by Gasteiger charge is 2.25. The Labute approximate surface area is 125 Å². The summed E-state index contributed by atoms with van der Waals surface area (Å²) in [5.41, 5.74) is 6.71. The quantitative estimate of drug-likeness (QED) is 0.858. The number of nitrogens with two attached hydrogens (primary N) is 1. The first-order valence-electron chi connectivity index (χ1n) is 7.22. The Bertz CT molecular complexity index is 549. The molecule has 3 N–H and O–H groups in total. The first kappa shape index (κ1) is 15.3. The second-order valence-corrected chi connectivity index (χ2v) is 5.45. The average molecular weight is 286 g/mol. The minimum absolute atomic E-state index is 0.0437. The summed E-state index contributed by atoms with van der Waals surface area (Å²) in [4.78, 5) is 12.5. The molecule has 21 heavy (non-hydrogen) atoms. The first-order chi connectivity index (χ1) is 10.1. The van der Waals surface area contributed by atoms with Gasteiger partial charge in [-0.1, -0.05) is 44.2 Å². The number of carbonyl (C=O) groups excluding carboxylic acids is 1. The lowest BCUT2D eigenvalue weighted by atomic mass is 9.94. The van der Waals surface area contributed by atoms with Crippen LogP contribution in [-0.2, 0) is 4.79 Å². The van der Waals surface area contributed by atoms with E-state index in [2.05, 4.69) is 5.32 Å². The number of carbonyl (C=O) groups is 1. The Morgan fingerprint density at radius 2 is 1.90 bits per heavy atom. The van der Waals surface area contributed by atoms with E-state index in [0.29, 0.717) is 12.3 Å². The zero-order chi connectivity index (χ0) is 15.2. The van der Waals surface area contributed by atoms with Crippen LogP contribution in [0.5, 0.6) is 0 Å². The highest BCUT2D eigenvalue weighted by molar-refractivity contribution is 5.80. The van der Waals surface area contributed by atoms with Gasteiger partial charge >= 0.3 is 0 Å². The van der Waals surface area contributed by atoms with Crippen molar-refractivity contribution < 1.29 is 9.21 Å². The van der Waals surface area contributed by atoms with Crippen LogP contribution in [0.15, 0.2) is 53.1 Å². The highest BCUT2D eigenvalue weighted by Crippen LogP contribution is 2.23. The number of nitrogens with one attached hydrogen (secondary N) is 1. The molecule has 4 heteroatoms. The molecule has 1 aromatic heterocycles. The van der Waals surface area contributed by atoms with Crippen molar-refractivity contribution in [1.82, 2.24) is 5.32 Å². The molecular weight excluding hydrogens is 264 g/mol. The topological polar surface area (TPSA) is 68.3 Å². The summed E-state index contributed by atoms with van der Waals surface area (Å²) >= 11 is 0. The first-order valence-corrected chi connectivity index (χ1v) is 7.22. The zero-order valence-electron chi connectivity index (χ0n) is 12.5. The van der Waals surface area contributed by atoms with Gasteiger partial charge in [0.15, 0.2) is 0 Å². The lowest BCUT2D eigenvalue weighted by molar-refractivity contribution is -0.126. The third-order valence-corrected chi connectivity index (χ3v) is 3.64. The summed E-state index contributed by atoms with van der Waals surface area (Å²) in [5.74, 6) is 0.668. The fourth-order valence-corrected chi connectivity index (χ4v) is 2.35. The summed E-state index contributed by atoms with van der Waals surface area (Å²) in [6, 6.07) is 13.2. The number of hydrogen-bond acceptors (Lipinski definition) is 3. The van der Waals surface area contributed by atoms with Crippen molar-refractivity contribution in [2.45, 2.75) is 19.9 Å². The van der Waals surface area contributed by atoms with E-state index in [9.17, 15) is 4.79 Å². The minimum atomic E-state index is -0.290. The smallest absolute Gasteiger partial charge is 0.225 e. The predicted octanol–water partition coefficient (Wildman–Crippen LogP) is 2.72. The molecule has 0 saturated heterocycles. The molecule has 1 amide bonds. The SMILES string of the molecule is CC(C)C(CN)C(=O)NC(c1ccccc1)c1ccco1. The molecule has 0 aliphatic rings. The van der Waals surface area contributed by atoms with Crippen LogP contribution < -0.4 is 11.1 Å². The monoisotopic (exact) mass is 286 g/mol. The molecule has 0 fully saturated rings. The average Bonchev–Trinajstić information content (AvgIpc) is 3.00. The molecule has 1 heterocycles. The molecule has 2 aromatic rings. The van der Waals surface area contributed by atoms with Crippen LogP contribution in [0.25, 0.3) is 0 Å². The van der Waals surface area contributed by atoms with E-state index in [-0.39, 0.29) is 23.8 Å². The van der Waals surface area contributed by atoms with Crippen LogP contribution in [-0.4, -0.2) is 12.5 Å². The molecule has 2 rings (SSSR count). The highest BCUT2D eigenvalue weighted by atomic mass is 16.3. The largest absolute Gasteiger partial charge is 0.467 e. The number of benzene rings is 1. The van der Waals surface area contributed by atoms with Crippen LogP contribution >= 0.6 is 0 Å². The third kappa shape index (κ3) is 3.73. The van der Waals surface area contributed by atoms with E-state index in [0.717, 1.165) is 5.56 Å². The standard InChI is InChI=1S/C17H22N2O2/c1-12(2)14(11-18)17(20)19-16(15-9-6-10-21-15)13-7-4-3-5-8-13/h3-10,12,14,16H,11,18H2,1-2H3,(H,19,20). The predicted molar refractivity (Wildman–Crippen MR) is 82.5 cm³/mol. The van der Waals surface area contributed by atoms with Gasteiger partial charge in [-0.3, -0.25) is 4.79 Å². The minimum Gasteiger partial charge on any atom is -0.467 e. The fourth-order valence-electron chi connectivity index (χ4n) is 2.35. The summed E-state index contributed by atoms with van der Waals surface area (Å²) in [7, 11) is 0. The second-order valence-electron chi connectivity index (χ2n) is 5.45. The summed E-state index contributed by atoms with van der Waals surface area (Å²) in [6.45, 7) is 4.34. The van der Waals surface area contributed by atoms with Crippen LogP contribution in [0.1, 0.15) is 31.2 Å². The van der Waals surface area contributed by atoms with Gasteiger partial charge in [-0.25, -0.2) is 0 Å². The van der Waals surface area contributed by atoms with Gasteiger partial charge in [-0.05, 0) is 23.6 Å². The van der Waals surface area contributed by atoms with Gasteiger partial charge in [0.05, 0.1) is 12.2 Å². The van der Waals surface area contributed by atoms with E-state index in [1.165, 1.54) is 0 Å². The van der Waals surface area contributed by atoms with Gasteiger partial charge in [0.25, 0.3) is 0 Å². The number of rotatable bonds is 6. The molecule has 0 aliphatic heterocycles. The molecule has 0 radical (unpaired) electrons. The molecule has 4 nitrogen and oxygen atoms in total. The van der Waals surface area contributed by atoms with E-state index in [4.69, 9.17) is 10.2 Å². The molecule has 1 aromatic carbocycles. The maximum absolute atomic E-state index is 12.5. The Balaban J connectivity index is 2.24. The Morgan fingerprint density at radius 1 is 1.19 bits per heavy atom. The second kappa shape index (κ2) is 7.09. The molecular formula is C17H22N2O2. The van der Waals surface area contributed by atoms with Crippen molar-refractivity contribution in [3.8, 4) is 0 Å². The fraction of sp³-hybridized carbons (Fsp3) is 0.353. The van der Waals surface area contributed by atoms with Crippen LogP contribution in [0, 0.1) is 11.8 Å². The van der Waals surface area contributed by atoms with E-state index in [1.807, 2.05) is 56.3 Å². The van der Waals surface area contributed by atoms with Gasteiger partial charge in [0.1, 0.15) is 11.8 Å². The maximum Gasteiger partial charge on any atom is 0.225 e. The molecule has 0 spiro atoms.